The van der Waals surface area contributed by atoms with E-state index in [2.05, 4.69) is 5.32 Å². The van der Waals surface area contributed by atoms with Crippen LogP contribution >= 0.6 is 0 Å². The molecule has 8 heteroatoms. The van der Waals surface area contributed by atoms with Crippen LogP contribution in [0.15, 0.2) is 42.5 Å². The lowest BCUT2D eigenvalue weighted by atomic mass is 9.94. The second-order valence-corrected chi connectivity index (χ2v) is 6.65. The second-order valence-electron chi connectivity index (χ2n) is 6.65. The topological polar surface area (TPSA) is 106 Å². The fraction of sp³-hybridized carbons (Fsp3) is 0.381. The summed E-state index contributed by atoms with van der Waals surface area (Å²) in [6.45, 7) is 2.19. The first-order valence-corrected chi connectivity index (χ1v) is 9.42. The smallest absolute Gasteiger partial charge is 0.412 e. The zero-order valence-electron chi connectivity index (χ0n) is 16.2. The molecule has 1 amide bonds. The third-order valence-corrected chi connectivity index (χ3v) is 4.52. The summed E-state index contributed by atoms with van der Waals surface area (Å²) in [6, 6.07) is 12.2. The molecule has 0 spiro atoms. The number of benzene rings is 2. The quantitative estimate of drug-likeness (QED) is 0.591. The highest BCUT2D eigenvalue weighted by Crippen LogP contribution is 2.35. The van der Waals surface area contributed by atoms with Crippen LogP contribution in [-0.2, 0) is 4.74 Å². The maximum Gasteiger partial charge on any atom is 0.412 e. The maximum atomic E-state index is 12.5. The van der Waals surface area contributed by atoms with Gasteiger partial charge in [-0.2, -0.15) is 0 Å². The van der Waals surface area contributed by atoms with Crippen molar-refractivity contribution >= 4 is 11.8 Å². The molecule has 1 aliphatic rings. The van der Waals surface area contributed by atoms with Crippen molar-refractivity contribution in [1.82, 2.24) is 0 Å². The van der Waals surface area contributed by atoms with Crippen molar-refractivity contribution < 1.29 is 34.0 Å². The molecule has 3 rings (SSSR count). The Morgan fingerprint density at radius 3 is 2.59 bits per heavy atom. The molecule has 0 saturated carbocycles. The number of anilines is 1. The summed E-state index contributed by atoms with van der Waals surface area (Å²) in [7, 11) is 0. The molecule has 156 valence electrons. The third kappa shape index (κ3) is 5.52. The second kappa shape index (κ2) is 9.99. The normalized spacial score (nSPS) is 14.2. The van der Waals surface area contributed by atoms with Gasteiger partial charge in [0, 0.05) is 18.4 Å². The Bertz CT molecular complexity index is 809. The number of rotatable bonds is 9. The Balaban J connectivity index is 1.68. The molecular weight excluding hydrogens is 378 g/mol. The van der Waals surface area contributed by atoms with E-state index in [1.54, 1.807) is 42.5 Å². The molecule has 0 aliphatic carbocycles. The van der Waals surface area contributed by atoms with Crippen molar-refractivity contribution in [2.24, 2.45) is 5.92 Å². The SMILES string of the molecule is C[C@H](CCO)[C@@H](OC(=O)Nc1ccc2c(c1)OCO2)c1ccc(OCCO)cc1. The number of carbonyl (C=O) groups excluding carboxylic acids is 1. The van der Waals surface area contributed by atoms with Crippen LogP contribution in [0.1, 0.15) is 25.0 Å². The van der Waals surface area contributed by atoms with Gasteiger partial charge < -0.3 is 29.2 Å². The van der Waals surface area contributed by atoms with E-state index in [4.69, 9.17) is 24.1 Å². The van der Waals surface area contributed by atoms with Gasteiger partial charge in [-0.05, 0) is 42.2 Å². The van der Waals surface area contributed by atoms with E-state index in [0.717, 1.165) is 5.56 Å². The lowest BCUT2D eigenvalue weighted by molar-refractivity contribution is 0.0667. The van der Waals surface area contributed by atoms with E-state index >= 15 is 0 Å². The number of nitrogens with one attached hydrogen (secondary N) is 1. The van der Waals surface area contributed by atoms with E-state index in [9.17, 15) is 9.90 Å². The first-order valence-electron chi connectivity index (χ1n) is 9.42. The zero-order chi connectivity index (χ0) is 20.6. The van der Waals surface area contributed by atoms with Gasteiger partial charge >= 0.3 is 6.09 Å². The number of carbonyl (C=O) groups is 1. The van der Waals surface area contributed by atoms with Gasteiger partial charge in [-0.3, -0.25) is 5.32 Å². The van der Waals surface area contributed by atoms with Crippen LogP contribution < -0.4 is 19.5 Å². The summed E-state index contributed by atoms with van der Waals surface area (Å²) in [6.07, 6.45) is -0.688. The fourth-order valence-corrected chi connectivity index (χ4v) is 3.02. The van der Waals surface area contributed by atoms with E-state index in [1.807, 2.05) is 6.92 Å². The lowest BCUT2D eigenvalue weighted by Crippen LogP contribution is -2.22. The number of ether oxygens (including phenoxy) is 4. The molecular formula is C21H25NO7. The first-order chi connectivity index (χ1) is 14.1. The van der Waals surface area contributed by atoms with Gasteiger partial charge in [-0.15, -0.1) is 0 Å². The molecule has 0 aromatic heterocycles. The van der Waals surface area contributed by atoms with Crippen molar-refractivity contribution in [2.45, 2.75) is 19.4 Å². The molecule has 29 heavy (non-hydrogen) atoms. The average molecular weight is 403 g/mol. The minimum Gasteiger partial charge on any atom is -0.491 e. The maximum absolute atomic E-state index is 12.5. The number of aliphatic hydroxyl groups is 2. The zero-order valence-corrected chi connectivity index (χ0v) is 16.2. The largest absolute Gasteiger partial charge is 0.491 e. The number of hydrogen-bond acceptors (Lipinski definition) is 7. The number of hydrogen-bond donors (Lipinski definition) is 3. The fourth-order valence-electron chi connectivity index (χ4n) is 3.02. The molecule has 0 bridgehead atoms. The molecule has 3 N–H and O–H groups in total. The summed E-state index contributed by atoms with van der Waals surface area (Å²) in [5.74, 6) is 1.70. The van der Waals surface area contributed by atoms with Crippen molar-refractivity contribution in [3.8, 4) is 17.2 Å². The Hall–Kier alpha value is -2.97. The van der Waals surface area contributed by atoms with Crippen LogP contribution in [0.4, 0.5) is 10.5 Å². The molecule has 2 aromatic rings. The Morgan fingerprint density at radius 1 is 1.10 bits per heavy atom. The monoisotopic (exact) mass is 403 g/mol. The Morgan fingerprint density at radius 2 is 1.86 bits per heavy atom. The molecule has 2 aromatic carbocycles. The lowest BCUT2D eigenvalue weighted by Gasteiger charge is -2.24. The standard InChI is InChI=1S/C21H25NO7/c1-14(8-9-23)20(15-2-5-17(6-3-15)26-11-10-24)29-21(25)22-16-4-7-18-19(12-16)28-13-27-18/h2-7,12,14,20,23-24H,8-11,13H2,1H3,(H,22,25)/t14-,20-/m1/s1. The van der Waals surface area contributed by atoms with Crippen molar-refractivity contribution in [3.05, 3.63) is 48.0 Å². The first kappa shape index (κ1) is 20.8. The van der Waals surface area contributed by atoms with Crippen LogP contribution in [0.5, 0.6) is 17.2 Å². The molecule has 8 nitrogen and oxygen atoms in total. The van der Waals surface area contributed by atoms with Crippen LogP contribution in [0.3, 0.4) is 0 Å². The average Bonchev–Trinajstić information content (AvgIpc) is 3.19. The van der Waals surface area contributed by atoms with Crippen molar-refractivity contribution in [1.29, 1.82) is 0 Å². The van der Waals surface area contributed by atoms with E-state index in [0.29, 0.717) is 29.4 Å². The molecule has 2 atom stereocenters. The Kier molecular flexibility index (Phi) is 7.15. The molecule has 0 fully saturated rings. The molecule has 1 heterocycles. The van der Waals surface area contributed by atoms with Crippen LogP contribution in [0, 0.1) is 5.92 Å². The van der Waals surface area contributed by atoms with Gasteiger partial charge in [0.15, 0.2) is 11.5 Å². The highest BCUT2D eigenvalue weighted by Gasteiger charge is 2.24. The highest BCUT2D eigenvalue weighted by atomic mass is 16.7. The van der Waals surface area contributed by atoms with Gasteiger partial charge in [0.05, 0.1) is 6.61 Å². The van der Waals surface area contributed by atoms with Crippen molar-refractivity contribution in [3.63, 3.8) is 0 Å². The van der Waals surface area contributed by atoms with E-state index in [-0.39, 0.29) is 32.5 Å². The molecule has 0 saturated heterocycles. The van der Waals surface area contributed by atoms with Gasteiger partial charge in [-0.25, -0.2) is 4.79 Å². The van der Waals surface area contributed by atoms with Crippen LogP contribution in [-0.4, -0.2) is 42.9 Å². The number of aliphatic hydroxyl groups excluding tert-OH is 2. The van der Waals surface area contributed by atoms with Gasteiger partial charge in [0.2, 0.25) is 6.79 Å². The molecule has 1 aliphatic heterocycles. The third-order valence-electron chi connectivity index (χ3n) is 4.52. The summed E-state index contributed by atoms with van der Waals surface area (Å²) in [5.41, 5.74) is 1.31. The summed E-state index contributed by atoms with van der Waals surface area (Å²) < 4.78 is 21.6. The molecule has 0 radical (unpaired) electrons. The van der Waals surface area contributed by atoms with Crippen molar-refractivity contribution in [2.75, 3.05) is 31.9 Å². The highest BCUT2D eigenvalue weighted by molar-refractivity contribution is 5.85. The van der Waals surface area contributed by atoms with Gasteiger partial charge in [0.1, 0.15) is 18.5 Å². The minimum atomic E-state index is -0.612. The number of amides is 1. The predicted octanol–water partition coefficient (Wildman–Crippen LogP) is 3.09. The molecule has 0 unspecified atom stereocenters. The van der Waals surface area contributed by atoms with E-state index < -0.39 is 12.2 Å². The summed E-state index contributed by atoms with van der Waals surface area (Å²) in [5, 5.41) is 20.8. The van der Waals surface area contributed by atoms with Crippen LogP contribution in [0.25, 0.3) is 0 Å². The minimum absolute atomic E-state index is 0.0114. The summed E-state index contributed by atoms with van der Waals surface area (Å²) in [4.78, 5) is 12.5. The van der Waals surface area contributed by atoms with Crippen LogP contribution in [0.2, 0.25) is 0 Å². The predicted molar refractivity (Wildman–Crippen MR) is 105 cm³/mol. The van der Waals surface area contributed by atoms with E-state index in [1.165, 1.54) is 0 Å². The number of fused-ring (bicyclic) bond motifs is 1. The Labute approximate surface area is 169 Å². The van der Waals surface area contributed by atoms with Gasteiger partial charge in [-0.1, -0.05) is 19.1 Å². The van der Waals surface area contributed by atoms with Gasteiger partial charge in [0.25, 0.3) is 0 Å². The summed E-state index contributed by atoms with van der Waals surface area (Å²) >= 11 is 0.